The number of halogens is 2. The Balaban J connectivity index is 2.27. The molecule has 104 valence electrons. The Kier molecular flexibility index (Phi) is 5.12. The molecule has 1 aliphatic rings. The third-order valence-electron chi connectivity index (χ3n) is 3.75. The fourth-order valence-corrected chi connectivity index (χ4v) is 3.08. The molecule has 1 atom stereocenters. The summed E-state index contributed by atoms with van der Waals surface area (Å²) in [5.41, 5.74) is 1.66. The van der Waals surface area contributed by atoms with E-state index in [1.807, 2.05) is 24.0 Å². The Labute approximate surface area is 124 Å². The first-order valence-corrected chi connectivity index (χ1v) is 7.68. The number of hydrogen-bond acceptors (Lipinski definition) is 1. The van der Waals surface area contributed by atoms with Gasteiger partial charge in [0.15, 0.2) is 0 Å². The molecule has 0 saturated carbocycles. The average molecular weight is 300 g/mol. The normalized spacial score (nSPS) is 20.2. The van der Waals surface area contributed by atoms with Crippen molar-refractivity contribution < 1.29 is 4.79 Å². The highest BCUT2D eigenvalue weighted by atomic mass is 35.5. The van der Waals surface area contributed by atoms with Crippen LogP contribution in [0, 0.1) is 6.92 Å². The molecule has 1 fully saturated rings. The molecule has 1 saturated heterocycles. The van der Waals surface area contributed by atoms with Gasteiger partial charge in [0, 0.05) is 29.1 Å². The highest BCUT2D eigenvalue weighted by Gasteiger charge is 2.26. The Morgan fingerprint density at radius 2 is 2.16 bits per heavy atom. The number of hydrogen-bond donors (Lipinski definition) is 0. The summed E-state index contributed by atoms with van der Waals surface area (Å²) in [4.78, 5) is 14.6. The zero-order valence-electron chi connectivity index (χ0n) is 11.2. The summed E-state index contributed by atoms with van der Waals surface area (Å²) in [5, 5.41) is 0.603. The van der Waals surface area contributed by atoms with Crippen molar-refractivity contribution in [1.82, 2.24) is 4.90 Å². The number of benzene rings is 1. The molecular weight excluding hydrogens is 281 g/mol. The number of alkyl halides is 1. The number of nitrogens with zero attached hydrogens (tertiary/aromatic N) is 1. The summed E-state index contributed by atoms with van der Waals surface area (Å²) >= 11 is 12.0. The van der Waals surface area contributed by atoms with E-state index < -0.39 is 0 Å². The minimum Gasteiger partial charge on any atom is -0.334 e. The second kappa shape index (κ2) is 6.62. The standard InChI is InChI=1S/C15H19Cl2NO/c1-11-6-7-12(17)9-14(11)15(19)18-8-4-2-3-5-13(18)10-16/h6-7,9,13H,2-5,8,10H2,1H3. The van der Waals surface area contributed by atoms with Gasteiger partial charge in [-0.15, -0.1) is 11.6 Å². The van der Waals surface area contributed by atoms with E-state index in [0.29, 0.717) is 16.5 Å². The maximum absolute atomic E-state index is 12.7. The van der Waals surface area contributed by atoms with Gasteiger partial charge in [0.05, 0.1) is 0 Å². The van der Waals surface area contributed by atoms with Crippen LogP contribution in [0.15, 0.2) is 18.2 Å². The molecule has 1 aromatic rings. The van der Waals surface area contributed by atoms with Crippen LogP contribution in [0.4, 0.5) is 0 Å². The molecule has 0 N–H and O–H groups in total. The van der Waals surface area contributed by atoms with Gasteiger partial charge in [-0.2, -0.15) is 0 Å². The fraction of sp³-hybridized carbons (Fsp3) is 0.533. The van der Waals surface area contributed by atoms with Crippen molar-refractivity contribution in [3.05, 3.63) is 34.3 Å². The van der Waals surface area contributed by atoms with E-state index >= 15 is 0 Å². The molecule has 0 bridgehead atoms. The van der Waals surface area contributed by atoms with Gasteiger partial charge < -0.3 is 4.90 Å². The quantitative estimate of drug-likeness (QED) is 0.747. The number of carbonyl (C=O) groups excluding carboxylic acids is 1. The van der Waals surface area contributed by atoms with Crippen LogP contribution < -0.4 is 0 Å². The first kappa shape index (κ1) is 14.7. The largest absolute Gasteiger partial charge is 0.334 e. The molecule has 1 aliphatic heterocycles. The Morgan fingerprint density at radius 3 is 2.89 bits per heavy atom. The van der Waals surface area contributed by atoms with Crippen molar-refractivity contribution in [1.29, 1.82) is 0 Å². The smallest absolute Gasteiger partial charge is 0.254 e. The SMILES string of the molecule is Cc1ccc(Cl)cc1C(=O)N1CCCCCC1CCl. The first-order valence-electron chi connectivity index (χ1n) is 6.76. The van der Waals surface area contributed by atoms with Crippen molar-refractivity contribution in [2.24, 2.45) is 0 Å². The first-order chi connectivity index (χ1) is 9.13. The van der Waals surface area contributed by atoms with Crippen molar-refractivity contribution in [2.75, 3.05) is 12.4 Å². The van der Waals surface area contributed by atoms with Crippen LogP contribution in [0.2, 0.25) is 5.02 Å². The molecule has 0 aliphatic carbocycles. The van der Waals surface area contributed by atoms with Gasteiger partial charge in [-0.05, 0) is 37.5 Å². The van der Waals surface area contributed by atoms with Gasteiger partial charge in [-0.1, -0.05) is 30.5 Å². The molecule has 0 radical (unpaired) electrons. The van der Waals surface area contributed by atoms with Crippen LogP contribution in [-0.2, 0) is 0 Å². The van der Waals surface area contributed by atoms with Crippen LogP contribution in [-0.4, -0.2) is 29.3 Å². The molecule has 19 heavy (non-hydrogen) atoms. The highest BCUT2D eigenvalue weighted by Crippen LogP contribution is 2.23. The van der Waals surface area contributed by atoms with Gasteiger partial charge in [0.2, 0.25) is 0 Å². The maximum Gasteiger partial charge on any atom is 0.254 e. The van der Waals surface area contributed by atoms with Crippen molar-refractivity contribution in [3.63, 3.8) is 0 Å². The molecule has 1 aromatic carbocycles. The van der Waals surface area contributed by atoms with Crippen LogP contribution >= 0.6 is 23.2 Å². The predicted octanol–water partition coefficient (Wildman–Crippen LogP) is 4.27. The number of amides is 1. The number of likely N-dealkylation sites (tertiary alicyclic amines) is 1. The molecule has 1 heterocycles. The van der Waals surface area contributed by atoms with E-state index in [0.717, 1.165) is 31.4 Å². The molecular formula is C15H19Cl2NO. The minimum atomic E-state index is 0.0625. The lowest BCUT2D eigenvalue weighted by Crippen LogP contribution is -2.41. The highest BCUT2D eigenvalue weighted by molar-refractivity contribution is 6.31. The van der Waals surface area contributed by atoms with Crippen molar-refractivity contribution in [3.8, 4) is 0 Å². The number of carbonyl (C=O) groups is 1. The van der Waals surface area contributed by atoms with Crippen LogP contribution in [0.5, 0.6) is 0 Å². The third-order valence-corrected chi connectivity index (χ3v) is 4.34. The zero-order valence-corrected chi connectivity index (χ0v) is 12.7. The van der Waals surface area contributed by atoms with Crippen LogP contribution in [0.3, 0.4) is 0 Å². The summed E-state index contributed by atoms with van der Waals surface area (Å²) in [6.45, 7) is 2.74. The molecule has 1 amide bonds. The Morgan fingerprint density at radius 1 is 1.37 bits per heavy atom. The van der Waals surface area contributed by atoms with E-state index in [-0.39, 0.29) is 11.9 Å². The lowest BCUT2D eigenvalue weighted by atomic mass is 10.1. The summed E-state index contributed by atoms with van der Waals surface area (Å²) in [7, 11) is 0. The van der Waals surface area contributed by atoms with E-state index in [1.54, 1.807) is 6.07 Å². The van der Waals surface area contributed by atoms with Gasteiger partial charge in [0.1, 0.15) is 0 Å². The van der Waals surface area contributed by atoms with Gasteiger partial charge >= 0.3 is 0 Å². The Bertz CT molecular complexity index is 461. The zero-order chi connectivity index (χ0) is 13.8. The molecule has 2 rings (SSSR count). The molecule has 2 nitrogen and oxygen atoms in total. The monoisotopic (exact) mass is 299 g/mol. The van der Waals surface area contributed by atoms with Crippen molar-refractivity contribution >= 4 is 29.1 Å². The topological polar surface area (TPSA) is 20.3 Å². The van der Waals surface area contributed by atoms with Gasteiger partial charge in [0.25, 0.3) is 5.91 Å². The maximum atomic E-state index is 12.7. The number of aryl methyl sites for hydroxylation is 1. The predicted molar refractivity (Wildman–Crippen MR) is 80.2 cm³/mol. The molecule has 4 heteroatoms. The van der Waals surface area contributed by atoms with Crippen LogP contribution in [0.1, 0.15) is 41.6 Å². The Hall–Kier alpha value is -0.730. The van der Waals surface area contributed by atoms with E-state index in [2.05, 4.69) is 0 Å². The second-order valence-electron chi connectivity index (χ2n) is 5.12. The van der Waals surface area contributed by atoms with Gasteiger partial charge in [-0.25, -0.2) is 0 Å². The fourth-order valence-electron chi connectivity index (χ4n) is 2.58. The average Bonchev–Trinajstić information content (AvgIpc) is 2.65. The molecule has 0 spiro atoms. The minimum absolute atomic E-state index is 0.0625. The van der Waals surface area contributed by atoms with E-state index in [1.165, 1.54) is 6.42 Å². The lowest BCUT2D eigenvalue weighted by Gasteiger charge is -2.29. The van der Waals surface area contributed by atoms with Crippen molar-refractivity contribution in [2.45, 2.75) is 38.6 Å². The summed E-state index contributed by atoms with van der Waals surface area (Å²) in [5.74, 6) is 0.568. The van der Waals surface area contributed by atoms with E-state index in [9.17, 15) is 4.79 Å². The summed E-state index contributed by atoms with van der Waals surface area (Å²) in [6.07, 6.45) is 4.37. The molecule has 0 aromatic heterocycles. The number of rotatable bonds is 2. The van der Waals surface area contributed by atoms with Crippen LogP contribution in [0.25, 0.3) is 0 Å². The van der Waals surface area contributed by atoms with E-state index in [4.69, 9.17) is 23.2 Å². The lowest BCUT2D eigenvalue weighted by molar-refractivity contribution is 0.0699. The molecule has 1 unspecified atom stereocenters. The summed E-state index contributed by atoms with van der Waals surface area (Å²) in [6, 6.07) is 5.61. The van der Waals surface area contributed by atoms with Gasteiger partial charge in [-0.3, -0.25) is 4.79 Å². The second-order valence-corrected chi connectivity index (χ2v) is 5.86. The third kappa shape index (κ3) is 3.43. The summed E-state index contributed by atoms with van der Waals surface area (Å²) < 4.78 is 0.